The van der Waals surface area contributed by atoms with Crippen molar-refractivity contribution in [3.8, 4) is 11.1 Å². The van der Waals surface area contributed by atoms with Gasteiger partial charge in [-0.15, -0.1) is 11.3 Å². The Morgan fingerprint density at radius 1 is 1.10 bits per heavy atom. The maximum Gasteiger partial charge on any atom is 0.258 e. The predicted molar refractivity (Wildman–Crippen MR) is 126 cm³/mol. The minimum Gasteiger partial charge on any atom is -0.321 e. The Balaban J connectivity index is 1.75. The molecule has 1 N–H and O–H groups in total. The number of nitrogens with zero attached hydrogens (tertiary/aromatic N) is 2. The van der Waals surface area contributed by atoms with Gasteiger partial charge in [-0.25, -0.2) is 5.01 Å². The van der Waals surface area contributed by atoms with Crippen molar-refractivity contribution >= 4 is 45.5 Å². The summed E-state index contributed by atoms with van der Waals surface area (Å²) < 4.78 is 0. The fourth-order valence-corrected chi connectivity index (χ4v) is 5.03. The summed E-state index contributed by atoms with van der Waals surface area (Å²) in [5.74, 6) is -0.154. The molecule has 1 aliphatic rings. The fourth-order valence-electron chi connectivity index (χ4n) is 4.09. The van der Waals surface area contributed by atoms with Gasteiger partial charge in [0.15, 0.2) is 0 Å². The highest BCUT2D eigenvalue weighted by Crippen LogP contribution is 2.38. The molecule has 31 heavy (non-hydrogen) atoms. The van der Waals surface area contributed by atoms with Crippen LogP contribution in [0.4, 0.5) is 0 Å². The Kier molecular flexibility index (Phi) is 4.96. The number of nitrogens with one attached hydrogen (secondary N) is 1. The van der Waals surface area contributed by atoms with Crippen LogP contribution in [0.5, 0.6) is 0 Å². The van der Waals surface area contributed by atoms with Gasteiger partial charge < -0.3 is 4.98 Å². The maximum absolute atomic E-state index is 13.3. The van der Waals surface area contributed by atoms with Crippen LogP contribution in [-0.4, -0.2) is 21.6 Å². The number of amides is 1. The molecule has 1 amide bonds. The van der Waals surface area contributed by atoms with Crippen LogP contribution in [0.15, 0.2) is 75.9 Å². The van der Waals surface area contributed by atoms with Gasteiger partial charge in [0, 0.05) is 39.7 Å². The Morgan fingerprint density at radius 3 is 2.58 bits per heavy atom. The molecular formula is C24H18ClN3O2S. The summed E-state index contributed by atoms with van der Waals surface area (Å²) in [7, 11) is 0. The van der Waals surface area contributed by atoms with Gasteiger partial charge in [-0.2, -0.15) is 5.10 Å². The number of benzene rings is 2. The number of hydrazone groups is 1. The maximum atomic E-state index is 13.3. The molecule has 0 aliphatic carbocycles. The number of carbonyl (C=O) groups is 1. The minimum atomic E-state index is -0.224. The summed E-state index contributed by atoms with van der Waals surface area (Å²) in [6.07, 6.45) is 0.474. The first kappa shape index (κ1) is 19.7. The van der Waals surface area contributed by atoms with Crippen LogP contribution >= 0.6 is 22.9 Å². The number of halogens is 1. The van der Waals surface area contributed by atoms with Gasteiger partial charge in [-0.05, 0) is 35.2 Å². The van der Waals surface area contributed by atoms with Crippen molar-refractivity contribution in [3.63, 3.8) is 0 Å². The van der Waals surface area contributed by atoms with E-state index in [1.165, 1.54) is 11.9 Å². The molecule has 0 saturated heterocycles. The van der Waals surface area contributed by atoms with Crippen molar-refractivity contribution in [2.24, 2.45) is 5.10 Å². The van der Waals surface area contributed by atoms with Crippen molar-refractivity contribution in [1.29, 1.82) is 0 Å². The second-order valence-corrected chi connectivity index (χ2v) is 8.82. The summed E-state index contributed by atoms with van der Waals surface area (Å²) in [6, 6.07) is 18.9. The molecule has 0 fully saturated rings. The third-order valence-corrected chi connectivity index (χ3v) is 6.67. The molecular weight excluding hydrogens is 430 g/mol. The van der Waals surface area contributed by atoms with Gasteiger partial charge >= 0.3 is 0 Å². The number of aromatic amines is 1. The van der Waals surface area contributed by atoms with Crippen molar-refractivity contribution in [1.82, 2.24) is 9.99 Å². The molecule has 2 aromatic carbocycles. The van der Waals surface area contributed by atoms with E-state index < -0.39 is 0 Å². The van der Waals surface area contributed by atoms with Crippen molar-refractivity contribution < 1.29 is 4.79 Å². The quantitative estimate of drug-likeness (QED) is 0.443. The second kappa shape index (κ2) is 7.80. The van der Waals surface area contributed by atoms with Crippen LogP contribution in [0.25, 0.3) is 22.0 Å². The number of H-pyrrole nitrogens is 1. The van der Waals surface area contributed by atoms with E-state index in [4.69, 9.17) is 11.6 Å². The number of rotatable bonds is 3. The van der Waals surface area contributed by atoms with Crippen LogP contribution in [-0.2, 0) is 4.79 Å². The Bertz CT molecular complexity index is 1370. The first-order valence-corrected chi connectivity index (χ1v) is 11.1. The van der Waals surface area contributed by atoms with Crippen molar-refractivity contribution in [2.75, 3.05) is 0 Å². The van der Waals surface area contributed by atoms with E-state index in [1.807, 2.05) is 66.0 Å². The normalized spacial score (nSPS) is 16.0. The molecule has 5 rings (SSSR count). The summed E-state index contributed by atoms with van der Waals surface area (Å²) in [4.78, 5) is 29.7. The average Bonchev–Trinajstić information content (AvgIpc) is 3.43. The number of hydrogen-bond acceptors (Lipinski definition) is 4. The number of thiophene rings is 1. The van der Waals surface area contributed by atoms with Crippen LogP contribution in [0.2, 0.25) is 5.02 Å². The molecule has 0 saturated carbocycles. The highest BCUT2D eigenvalue weighted by atomic mass is 35.5. The van der Waals surface area contributed by atoms with E-state index in [9.17, 15) is 9.59 Å². The molecule has 154 valence electrons. The van der Waals surface area contributed by atoms with Gasteiger partial charge in [0.1, 0.15) is 0 Å². The highest BCUT2D eigenvalue weighted by Gasteiger charge is 2.34. The number of hydrogen-bond donors (Lipinski definition) is 1. The molecule has 4 aromatic rings. The van der Waals surface area contributed by atoms with E-state index in [2.05, 4.69) is 10.1 Å². The lowest BCUT2D eigenvalue weighted by atomic mass is 9.92. The van der Waals surface area contributed by atoms with E-state index >= 15 is 0 Å². The molecule has 3 heterocycles. The Morgan fingerprint density at radius 2 is 1.87 bits per heavy atom. The van der Waals surface area contributed by atoms with Crippen LogP contribution in [0.3, 0.4) is 0 Å². The second-order valence-electron chi connectivity index (χ2n) is 7.40. The SMILES string of the molecule is CC(=O)N1N=C(c2c(-c3ccc(Cl)cc3)c3ccccc3[nH]c2=O)CC1c1cccs1. The lowest BCUT2D eigenvalue weighted by Gasteiger charge is -2.18. The predicted octanol–water partition coefficient (Wildman–Crippen LogP) is 5.61. The number of aromatic nitrogens is 1. The lowest BCUT2D eigenvalue weighted by molar-refractivity contribution is -0.130. The topological polar surface area (TPSA) is 65.5 Å². The lowest BCUT2D eigenvalue weighted by Crippen LogP contribution is -2.23. The summed E-state index contributed by atoms with van der Waals surface area (Å²) in [5.41, 5.74) is 3.29. The molecule has 0 spiro atoms. The molecule has 0 radical (unpaired) electrons. The minimum absolute atomic E-state index is 0.154. The zero-order valence-electron chi connectivity index (χ0n) is 16.6. The average molecular weight is 448 g/mol. The number of para-hydroxylation sites is 1. The third-order valence-electron chi connectivity index (χ3n) is 5.45. The van der Waals surface area contributed by atoms with E-state index in [0.717, 1.165) is 26.9 Å². The highest BCUT2D eigenvalue weighted by molar-refractivity contribution is 7.10. The van der Waals surface area contributed by atoms with Crippen molar-refractivity contribution in [2.45, 2.75) is 19.4 Å². The fraction of sp³-hybridized carbons (Fsp3) is 0.125. The number of fused-ring (bicyclic) bond motifs is 1. The first-order chi connectivity index (χ1) is 15.0. The number of carbonyl (C=O) groups excluding carboxylic acids is 1. The molecule has 5 nitrogen and oxygen atoms in total. The third kappa shape index (κ3) is 3.48. The smallest absolute Gasteiger partial charge is 0.258 e. The van der Waals surface area contributed by atoms with E-state index in [0.29, 0.717) is 22.7 Å². The van der Waals surface area contributed by atoms with Gasteiger partial charge in [-0.3, -0.25) is 9.59 Å². The largest absolute Gasteiger partial charge is 0.321 e. The summed E-state index contributed by atoms with van der Waals surface area (Å²) in [6.45, 7) is 1.50. The van der Waals surface area contributed by atoms with Crippen LogP contribution in [0, 0.1) is 0 Å². The summed E-state index contributed by atoms with van der Waals surface area (Å²) >= 11 is 7.69. The number of pyridine rings is 1. The monoisotopic (exact) mass is 447 g/mol. The van der Waals surface area contributed by atoms with E-state index in [-0.39, 0.29) is 17.5 Å². The molecule has 1 atom stereocenters. The molecule has 1 unspecified atom stereocenters. The molecule has 2 aromatic heterocycles. The Hall–Kier alpha value is -3.22. The van der Waals surface area contributed by atoms with Gasteiger partial charge in [0.05, 0.1) is 17.3 Å². The van der Waals surface area contributed by atoms with Gasteiger partial charge in [-0.1, -0.05) is 48.0 Å². The Labute approximate surface area is 187 Å². The van der Waals surface area contributed by atoms with Gasteiger partial charge in [0.25, 0.3) is 5.56 Å². The van der Waals surface area contributed by atoms with Crippen molar-refractivity contribution in [3.05, 3.63) is 91.9 Å². The van der Waals surface area contributed by atoms with E-state index in [1.54, 1.807) is 11.3 Å². The molecule has 0 bridgehead atoms. The molecule has 7 heteroatoms. The van der Waals surface area contributed by atoms with Gasteiger partial charge in [0.2, 0.25) is 5.91 Å². The van der Waals surface area contributed by atoms with Crippen LogP contribution < -0.4 is 5.56 Å². The van der Waals surface area contributed by atoms with Crippen LogP contribution in [0.1, 0.15) is 29.8 Å². The zero-order chi connectivity index (χ0) is 21.5. The molecule has 1 aliphatic heterocycles. The standard InChI is InChI=1S/C24H18ClN3O2S/c1-14(29)28-20(21-7-4-12-31-21)13-19(27-28)23-22(15-8-10-16(25)11-9-15)17-5-2-3-6-18(17)26-24(23)30/h2-12,20H,13H2,1H3,(H,26,30). The first-order valence-electron chi connectivity index (χ1n) is 9.85. The summed E-state index contributed by atoms with van der Waals surface area (Å²) in [5, 5.41) is 9.63. The zero-order valence-corrected chi connectivity index (χ0v) is 18.2.